The van der Waals surface area contributed by atoms with E-state index in [-0.39, 0.29) is 11.5 Å². The number of methoxy groups -OCH3 is 2. The van der Waals surface area contributed by atoms with Crippen LogP contribution < -0.4 is 35.1 Å². The normalized spacial score (nSPS) is 12.2. The van der Waals surface area contributed by atoms with Crippen LogP contribution in [0.3, 0.4) is 0 Å². The highest BCUT2D eigenvalue weighted by molar-refractivity contribution is 5.98. The van der Waals surface area contributed by atoms with Crippen LogP contribution in [0.4, 0.5) is 0 Å². The maximum atomic E-state index is 12.8. The zero-order valence-electron chi connectivity index (χ0n) is 20.8. The Kier molecular flexibility index (Phi) is 10.2. The third kappa shape index (κ3) is 8.09. The van der Waals surface area contributed by atoms with E-state index in [2.05, 4.69) is 16.2 Å². The molecule has 3 N–H and O–H groups in total. The van der Waals surface area contributed by atoms with Crippen LogP contribution in [0.25, 0.3) is 0 Å². The van der Waals surface area contributed by atoms with Gasteiger partial charge in [-0.25, -0.2) is 0 Å². The van der Waals surface area contributed by atoms with E-state index in [0.717, 1.165) is 0 Å². The van der Waals surface area contributed by atoms with Gasteiger partial charge in [-0.1, -0.05) is 13.8 Å². The molecule has 35 heavy (non-hydrogen) atoms. The van der Waals surface area contributed by atoms with Gasteiger partial charge in [0.05, 0.1) is 20.8 Å². The summed E-state index contributed by atoms with van der Waals surface area (Å²) in [6.07, 6.45) is -0.885. The summed E-state index contributed by atoms with van der Waals surface area (Å²) in [5.41, 5.74) is 4.96. The van der Waals surface area contributed by atoms with Crippen molar-refractivity contribution in [2.45, 2.75) is 39.8 Å². The van der Waals surface area contributed by atoms with Crippen LogP contribution in [0.15, 0.2) is 42.5 Å². The Bertz CT molecular complexity index is 986. The van der Waals surface area contributed by atoms with Crippen molar-refractivity contribution in [1.82, 2.24) is 16.2 Å². The van der Waals surface area contributed by atoms with Gasteiger partial charge in [0.15, 0.2) is 6.10 Å². The number of carbonyl (C=O) groups excluding carboxylic acids is 3. The number of hydrogen-bond acceptors (Lipinski definition) is 7. The molecule has 0 radical (unpaired) electrons. The highest BCUT2D eigenvalue weighted by Gasteiger charge is 2.26. The highest BCUT2D eigenvalue weighted by Crippen LogP contribution is 2.23. The van der Waals surface area contributed by atoms with E-state index in [1.807, 2.05) is 6.92 Å². The zero-order valence-corrected chi connectivity index (χ0v) is 20.8. The summed E-state index contributed by atoms with van der Waals surface area (Å²) in [5, 5.41) is 2.69. The van der Waals surface area contributed by atoms with Gasteiger partial charge in [-0.3, -0.25) is 25.2 Å². The van der Waals surface area contributed by atoms with Crippen molar-refractivity contribution in [3.8, 4) is 23.0 Å². The van der Waals surface area contributed by atoms with Crippen LogP contribution in [0.1, 0.15) is 38.1 Å². The second-order valence-corrected chi connectivity index (χ2v) is 7.94. The maximum Gasteiger partial charge on any atom is 0.279 e. The number of carbonyl (C=O) groups is 3. The lowest BCUT2D eigenvalue weighted by Crippen LogP contribution is -2.55. The van der Waals surface area contributed by atoms with E-state index in [1.165, 1.54) is 26.4 Å². The molecule has 0 aliphatic carbocycles. The Morgan fingerprint density at radius 3 is 1.86 bits per heavy atom. The van der Waals surface area contributed by atoms with Crippen LogP contribution in [-0.4, -0.2) is 50.7 Å². The molecule has 2 aromatic rings. The SMILES string of the molecule is CCOc1ccc(OC(C)C(=O)NNC(=O)C(NC(=O)c2cc(OC)cc(OC)c2)C(C)C)cc1. The molecule has 190 valence electrons. The van der Waals surface area contributed by atoms with E-state index in [9.17, 15) is 14.4 Å². The van der Waals surface area contributed by atoms with Crippen molar-refractivity contribution in [1.29, 1.82) is 0 Å². The highest BCUT2D eigenvalue weighted by atomic mass is 16.5. The first-order valence-corrected chi connectivity index (χ1v) is 11.2. The molecule has 2 aromatic carbocycles. The van der Waals surface area contributed by atoms with Crippen LogP contribution in [0, 0.1) is 5.92 Å². The van der Waals surface area contributed by atoms with Crippen molar-refractivity contribution in [2.75, 3.05) is 20.8 Å². The number of ether oxygens (including phenoxy) is 4. The van der Waals surface area contributed by atoms with Crippen molar-refractivity contribution in [3.05, 3.63) is 48.0 Å². The van der Waals surface area contributed by atoms with Crippen LogP contribution in [-0.2, 0) is 9.59 Å². The lowest BCUT2D eigenvalue weighted by Gasteiger charge is -2.23. The Hall–Kier alpha value is -3.95. The largest absolute Gasteiger partial charge is 0.497 e. The molecule has 3 amide bonds. The summed E-state index contributed by atoms with van der Waals surface area (Å²) in [6, 6.07) is 10.6. The van der Waals surface area contributed by atoms with E-state index in [1.54, 1.807) is 51.1 Å². The second-order valence-electron chi connectivity index (χ2n) is 7.94. The summed E-state index contributed by atoms with van der Waals surface area (Å²) in [5.74, 6) is 0.156. The molecular weight excluding hydrogens is 454 g/mol. The minimum absolute atomic E-state index is 0.263. The molecule has 0 aliphatic rings. The molecule has 10 heteroatoms. The minimum atomic E-state index is -0.915. The Labute approximate surface area is 205 Å². The number of nitrogens with one attached hydrogen (secondary N) is 3. The fourth-order valence-corrected chi connectivity index (χ4v) is 3.04. The number of rotatable bonds is 11. The Balaban J connectivity index is 1.96. The van der Waals surface area contributed by atoms with Gasteiger partial charge in [0.2, 0.25) is 0 Å². The first-order chi connectivity index (χ1) is 16.7. The smallest absolute Gasteiger partial charge is 0.279 e. The third-order valence-corrected chi connectivity index (χ3v) is 4.98. The molecule has 0 aliphatic heterocycles. The molecule has 0 fully saturated rings. The van der Waals surface area contributed by atoms with Crippen LogP contribution in [0.5, 0.6) is 23.0 Å². The summed E-state index contributed by atoms with van der Waals surface area (Å²) in [7, 11) is 2.95. The first-order valence-electron chi connectivity index (χ1n) is 11.2. The molecule has 2 unspecified atom stereocenters. The quantitative estimate of drug-likeness (QED) is 0.416. The molecule has 10 nitrogen and oxygen atoms in total. The van der Waals surface area contributed by atoms with Crippen LogP contribution in [0.2, 0.25) is 0 Å². The molecular formula is C25H33N3O7. The summed E-state index contributed by atoms with van der Waals surface area (Å²) >= 11 is 0. The average molecular weight is 488 g/mol. The van der Waals surface area contributed by atoms with Crippen molar-refractivity contribution in [3.63, 3.8) is 0 Å². The zero-order chi connectivity index (χ0) is 26.0. The summed E-state index contributed by atoms with van der Waals surface area (Å²) in [4.78, 5) is 37.9. The molecule has 0 saturated heterocycles. The van der Waals surface area contributed by atoms with E-state index in [4.69, 9.17) is 18.9 Å². The van der Waals surface area contributed by atoms with Gasteiger partial charge in [0.1, 0.15) is 29.0 Å². The van der Waals surface area contributed by atoms with Crippen LogP contribution >= 0.6 is 0 Å². The molecule has 0 heterocycles. The maximum absolute atomic E-state index is 12.8. The fourth-order valence-electron chi connectivity index (χ4n) is 3.04. The lowest BCUT2D eigenvalue weighted by atomic mass is 10.0. The monoisotopic (exact) mass is 487 g/mol. The number of amides is 3. The summed E-state index contributed by atoms with van der Waals surface area (Å²) in [6.45, 7) is 7.53. The van der Waals surface area contributed by atoms with Crippen molar-refractivity contribution >= 4 is 17.7 Å². The first kappa shape index (κ1) is 27.3. The average Bonchev–Trinajstić information content (AvgIpc) is 2.86. The molecule has 2 atom stereocenters. The van der Waals surface area contributed by atoms with E-state index < -0.39 is 29.9 Å². The Morgan fingerprint density at radius 1 is 0.800 bits per heavy atom. The van der Waals surface area contributed by atoms with Gasteiger partial charge >= 0.3 is 0 Å². The van der Waals surface area contributed by atoms with E-state index in [0.29, 0.717) is 29.6 Å². The molecule has 2 rings (SSSR count). The van der Waals surface area contributed by atoms with Gasteiger partial charge in [-0.2, -0.15) is 0 Å². The molecule has 0 aromatic heterocycles. The van der Waals surface area contributed by atoms with Gasteiger partial charge in [0.25, 0.3) is 17.7 Å². The number of benzene rings is 2. The fraction of sp³-hybridized carbons (Fsp3) is 0.400. The topological polar surface area (TPSA) is 124 Å². The number of hydrogen-bond donors (Lipinski definition) is 3. The summed E-state index contributed by atoms with van der Waals surface area (Å²) < 4.78 is 21.4. The predicted molar refractivity (Wildman–Crippen MR) is 130 cm³/mol. The minimum Gasteiger partial charge on any atom is -0.497 e. The van der Waals surface area contributed by atoms with Gasteiger partial charge in [-0.05, 0) is 56.2 Å². The van der Waals surface area contributed by atoms with Gasteiger partial charge in [0, 0.05) is 11.6 Å². The van der Waals surface area contributed by atoms with Gasteiger partial charge in [-0.15, -0.1) is 0 Å². The van der Waals surface area contributed by atoms with Crippen molar-refractivity contribution < 1.29 is 33.3 Å². The standard InChI is InChI=1S/C25H33N3O7/c1-7-34-18-8-10-19(11-9-18)35-16(4)23(29)27-28-25(31)22(15(2)3)26-24(30)17-12-20(32-5)14-21(13-17)33-6/h8-16,22H,7H2,1-6H3,(H,26,30)(H,27,29)(H,28,31). The van der Waals surface area contributed by atoms with Crippen molar-refractivity contribution in [2.24, 2.45) is 5.92 Å². The second kappa shape index (κ2) is 13.1. The van der Waals surface area contributed by atoms with E-state index >= 15 is 0 Å². The third-order valence-electron chi connectivity index (χ3n) is 4.98. The molecule has 0 saturated carbocycles. The Morgan fingerprint density at radius 2 is 1.34 bits per heavy atom. The lowest BCUT2D eigenvalue weighted by molar-refractivity contribution is -0.133. The molecule has 0 spiro atoms. The van der Waals surface area contributed by atoms with Gasteiger partial charge < -0.3 is 24.3 Å². The molecule has 0 bridgehead atoms. The number of hydrazine groups is 1. The predicted octanol–water partition coefficient (Wildman–Crippen LogP) is 2.47.